The summed E-state index contributed by atoms with van der Waals surface area (Å²) in [4.78, 5) is 16.9. The van der Waals surface area contributed by atoms with Crippen LogP contribution in [0.2, 0.25) is 0 Å². The lowest BCUT2D eigenvalue weighted by Crippen LogP contribution is -2.17. The van der Waals surface area contributed by atoms with Crippen LogP contribution in [-0.2, 0) is 16.6 Å². The van der Waals surface area contributed by atoms with Gasteiger partial charge in [-0.25, -0.2) is 4.98 Å². The molecule has 0 bridgehead atoms. The van der Waals surface area contributed by atoms with E-state index in [0.717, 1.165) is 36.4 Å². The van der Waals surface area contributed by atoms with Crippen LogP contribution in [0, 0.1) is 5.92 Å². The number of ketones is 1. The minimum Gasteiger partial charge on any atom is -0.299 e. The van der Waals surface area contributed by atoms with Gasteiger partial charge in [-0.2, -0.15) is 0 Å². The minimum atomic E-state index is 0.0736. The second-order valence-corrected chi connectivity index (χ2v) is 7.21. The Kier molecular flexibility index (Phi) is 6.18. The predicted molar refractivity (Wildman–Crippen MR) is 82.8 cm³/mol. The minimum absolute atomic E-state index is 0.0736. The van der Waals surface area contributed by atoms with Gasteiger partial charge in [0.15, 0.2) is 0 Å². The maximum absolute atomic E-state index is 12.3. The molecule has 19 heavy (non-hydrogen) atoms. The Hall–Kier alpha value is -0.700. The van der Waals surface area contributed by atoms with Crippen LogP contribution in [0.25, 0.3) is 0 Å². The zero-order valence-corrected chi connectivity index (χ0v) is 13.8. The van der Waals surface area contributed by atoms with Crippen LogP contribution in [-0.4, -0.2) is 10.8 Å². The highest BCUT2D eigenvalue weighted by atomic mass is 32.1. The molecule has 0 aliphatic rings. The molecule has 0 aromatic carbocycles. The van der Waals surface area contributed by atoms with E-state index in [9.17, 15) is 4.79 Å². The van der Waals surface area contributed by atoms with Gasteiger partial charge < -0.3 is 0 Å². The molecule has 3 heteroatoms. The van der Waals surface area contributed by atoms with E-state index >= 15 is 0 Å². The zero-order valence-electron chi connectivity index (χ0n) is 13.0. The molecule has 108 valence electrons. The average Bonchev–Trinajstić information content (AvgIpc) is 2.78. The smallest absolute Gasteiger partial charge is 0.142 e. The molecule has 1 heterocycles. The van der Waals surface area contributed by atoms with E-state index in [0.29, 0.717) is 12.2 Å². The molecule has 0 saturated heterocycles. The quantitative estimate of drug-likeness (QED) is 0.720. The summed E-state index contributed by atoms with van der Waals surface area (Å²) in [5.74, 6) is 0.590. The van der Waals surface area contributed by atoms with E-state index in [4.69, 9.17) is 0 Å². The molecule has 0 aliphatic heterocycles. The Bertz CT molecular complexity index is 403. The Morgan fingerprint density at radius 2 is 2.05 bits per heavy atom. The number of carbonyl (C=O) groups is 1. The largest absolute Gasteiger partial charge is 0.299 e. The summed E-state index contributed by atoms with van der Waals surface area (Å²) >= 11 is 1.62. The van der Waals surface area contributed by atoms with Gasteiger partial charge in [0.05, 0.1) is 12.1 Å². The van der Waals surface area contributed by atoms with Gasteiger partial charge in [0, 0.05) is 16.7 Å². The lowest BCUT2D eigenvalue weighted by Gasteiger charge is -2.14. The third-order valence-electron chi connectivity index (χ3n) is 3.50. The molecule has 1 aromatic rings. The van der Waals surface area contributed by atoms with Gasteiger partial charge in [-0.3, -0.25) is 4.79 Å². The van der Waals surface area contributed by atoms with Crippen molar-refractivity contribution in [2.75, 3.05) is 0 Å². The van der Waals surface area contributed by atoms with Crippen LogP contribution < -0.4 is 0 Å². The van der Waals surface area contributed by atoms with E-state index in [-0.39, 0.29) is 11.3 Å². The molecule has 0 amide bonds. The summed E-state index contributed by atoms with van der Waals surface area (Å²) in [5.41, 5.74) is 1.17. The fraction of sp³-hybridized carbons (Fsp3) is 0.750. The van der Waals surface area contributed by atoms with Gasteiger partial charge in [-0.05, 0) is 12.8 Å². The summed E-state index contributed by atoms with van der Waals surface area (Å²) < 4.78 is 0. The SMILES string of the molecule is CCCCC(CC)C(=O)Cc1nc(C(C)(C)C)cs1. The van der Waals surface area contributed by atoms with Gasteiger partial charge in [-0.15, -0.1) is 11.3 Å². The molecule has 1 unspecified atom stereocenters. The van der Waals surface area contributed by atoms with Crippen LogP contribution in [0.4, 0.5) is 0 Å². The second-order valence-electron chi connectivity index (χ2n) is 6.27. The molecule has 0 fully saturated rings. The van der Waals surface area contributed by atoms with Crippen molar-refractivity contribution in [3.8, 4) is 0 Å². The van der Waals surface area contributed by atoms with Crippen molar-refractivity contribution >= 4 is 17.1 Å². The Labute approximate surface area is 121 Å². The molecule has 1 aromatic heterocycles. The summed E-state index contributed by atoms with van der Waals surface area (Å²) in [6.45, 7) is 10.8. The molecule has 0 aliphatic carbocycles. The third-order valence-corrected chi connectivity index (χ3v) is 4.35. The highest BCUT2D eigenvalue weighted by molar-refractivity contribution is 7.09. The monoisotopic (exact) mass is 281 g/mol. The van der Waals surface area contributed by atoms with E-state index in [1.165, 1.54) is 0 Å². The van der Waals surface area contributed by atoms with Crippen molar-refractivity contribution in [1.82, 2.24) is 4.98 Å². The van der Waals surface area contributed by atoms with Crippen molar-refractivity contribution < 1.29 is 4.79 Å². The number of Topliss-reactive ketones (excluding diaryl/α,β-unsaturated/α-hetero) is 1. The number of thiazole rings is 1. The van der Waals surface area contributed by atoms with E-state index in [2.05, 4.69) is 45.0 Å². The zero-order chi connectivity index (χ0) is 14.5. The average molecular weight is 281 g/mol. The van der Waals surface area contributed by atoms with E-state index in [1.807, 2.05) is 0 Å². The van der Waals surface area contributed by atoms with Crippen LogP contribution in [0.15, 0.2) is 5.38 Å². The van der Waals surface area contributed by atoms with Crippen molar-refractivity contribution in [2.24, 2.45) is 5.92 Å². The Morgan fingerprint density at radius 3 is 2.53 bits per heavy atom. The van der Waals surface area contributed by atoms with Crippen molar-refractivity contribution in [3.05, 3.63) is 16.1 Å². The maximum atomic E-state index is 12.3. The summed E-state index contributed by atoms with van der Waals surface area (Å²) in [6.07, 6.45) is 4.81. The lowest BCUT2D eigenvalue weighted by atomic mass is 9.92. The first-order valence-electron chi connectivity index (χ1n) is 7.36. The number of rotatable bonds is 7. The molecule has 0 radical (unpaired) electrons. The molecular weight excluding hydrogens is 254 g/mol. The highest BCUT2D eigenvalue weighted by Gasteiger charge is 2.21. The highest BCUT2D eigenvalue weighted by Crippen LogP contribution is 2.25. The molecule has 0 spiro atoms. The summed E-state index contributed by atoms with van der Waals surface area (Å²) in [5, 5.41) is 3.07. The number of nitrogens with zero attached hydrogens (tertiary/aromatic N) is 1. The van der Waals surface area contributed by atoms with E-state index < -0.39 is 0 Å². The second kappa shape index (κ2) is 7.18. The standard InChI is InChI=1S/C16H27NOS/c1-6-8-9-12(7-2)13(18)10-15-17-14(11-19-15)16(3,4)5/h11-12H,6-10H2,1-5H3. The van der Waals surface area contributed by atoms with Gasteiger partial charge in [-0.1, -0.05) is 47.5 Å². The van der Waals surface area contributed by atoms with Crippen LogP contribution >= 0.6 is 11.3 Å². The Balaban J connectivity index is 2.63. The molecule has 0 N–H and O–H groups in total. The van der Waals surface area contributed by atoms with Crippen LogP contribution in [0.1, 0.15) is 71.0 Å². The fourth-order valence-corrected chi connectivity index (χ4v) is 3.10. The van der Waals surface area contributed by atoms with Gasteiger partial charge >= 0.3 is 0 Å². The molecule has 0 saturated carbocycles. The molecular formula is C16H27NOS. The topological polar surface area (TPSA) is 30.0 Å². The molecule has 2 nitrogen and oxygen atoms in total. The van der Waals surface area contributed by atoms with Crippen LogP contribution in [0.3, 0.4) is 0 Å². The normalized spacial score (nSPS) is 13.5. The number of hydrogen-bond acceptors (Lipinski definition) is 3. The van der Waals surface area contributed by atoms with E-state index in [1.54, 1.807) is 11.3 Å². The summed E-state index contributed by atoms with van der Waals surface area (Å²) in [7, 11) is 0. The Morgan fingerprint density at radius 1 is 1.37 bits per heavy atom. The van der Waals surface area contributed by atoms with Crippen molar-refractivity contribution in [2.45, 2.75) is 72.1 Å². The lowest BCUT2D eigenvalue weighted by molar-refractivity contribution is -0.122. The van der Waals surface area contributed by atoms with Crippen molar-refractivity contribution in [3.63, 3.8) is 0 Å². The van der Waals surface area contributed by atoms with Gasteiger partial charge in [0.1, 0.15) is 10.8 Å². The molecule has 1 atom stereocenters. The first-order chi connectivity index (χ1) is 8.88. The van der Waals surface area contributed by atoms with Crippen LogP contribution in [0.5, 0.6) is 0 Å². The maximum Gasteiger partial charge on any atom is 0.142 e. The third kappa shape index (κ3) is 5.06. The predicted octanol–water partition coefficient (Wildman–Crippen LogP) is 4.77. The number of hydrogen-bond donors (Lipinski definition) is 0. The molecule has 1 rings (SSSR count). The van der Waals surface area contributed by atoms with Gasteiger partial charge in [0.25, 0.3) is 0 Å². The van der Waals surface area contributed by atoms with Crippen molar-refractivity contribution in [1.29, 1.82) is 0 Å². The first kappa shape index (κ1) is 16.4. The fourth-order valence-electron chi connectivity index (χ4n) is 2.07. The first-order valence-corrected chi connectivity index (χ1v) is 8.24. The number of carbonyl (C=O) groups excluding carboxylic acids is 1. The summed E-state index contributed by atoms with van der Waals surface area (Å²) in [6, 6.07) is 0. The number of aromatic nitrogens is 1. The number of unbranched alkanes of at least 4 members (excludes halogenated alkanes) is 1. The van der Waals surface area contributed by atoms with Gasteiger partial charge in [0.2, 0.25) is 0 Å².